The molecule has 0 spiro atoms. The van der Waals surface area contributed by atoms with Crippen molar-refractivity contribution >= 4 is 5.97 Å². The van der Waals surface area contributed by atoms with Gasteiger partial charge in [-0.1, -0.05) is 6.07 Å². The van der Waals surface area contributed by atoms with E-state index >= 15 is 0 Å². The van der Waals surface area contributed by atoms with Crippen molar-refractivity contribution in [1.82, 2.24) is 0 Å². The Morgan fingerprint density at radius 3 is 3.13 bits per heavy atom. The van der Waals surface area contributed by atoms with Gasteiger partial charge in [0.15, 0.2) is 0 Å². The molecule has 0 fully saturated rings. The predicted octanol–water partition coefficient (Wildman–Crippen LogP) is 0.794. The minimum atomic E-state index is -0.708. The molecule has 1 atom stereocenters. The fraction of sp³-hybridized carbons (Fsp3) is 0.364. The van der Waals surface area contributed by atoms with Gasteiger partial charge in [-0.2, -0.15) is 0 Å². The number of fused-ring (bicyclic) bond motifs is 1. The first-order chi connectivity index (χ1) is 7.22. The molecule has 0 aliphatic carbocycles. The Kier molecular flexibility index (Phi) is 2.60. The minimum Gasteiger partial charge on any atom is -0.493 e. The third kappa shape index (κ3) is 1.80. The Labute approximate surface area is 88.0 Å². The van der Waals surface area contributed by atoms with Gasteiger partial charge >= 0.3 is 5.97 Å². The maximum atomic E-state index is 11.2. The Hall–Kier alpha value is -1.55. The van der Waals surface area contributed by atoms with Crippen LogP contribution in [0.5, 0.6) is 5.75 Å². The molecule has 0 bridgehead atoms. The summed E-state index contributed by atoms with van der Waals surface area (Å²) in [4.78, 5) is 11.2. The van der Waals surface area contributed by atoms with E-state index in [1.54, 1.807) is 6.07 Å². The van der Waals surface area contributed by atoms with Crippen molar-refractivity contribution in [2.75, 3.05) is 13.7 Å². The van der Waals surface area contributed by atoms with Gasteiger partial charge in [0, 0.05) is 6.42 Å². The summed E-state index contributed by atoms with van der Waals surface area (Å²) in [5.74, 6) is 0.463. The molecule has 4 nitrogen and oxygen atoms in total. The second kappa shape index (κ2) is 3.90. The van der Waals surface area contributed by atoms with E-state index in [0.29, 0.717) is 6.61 Å². The van der Waals surface area contributed by atoms with Crippen LogP contribution in [0, 0.1) is 0 Å². The maximum Gasteiger partial charge on any atom is 0.327 e. The molecular formula is C11H13NO3. The van der Waals surface area contributed by atoms with Gasteiger partial charge < -0.3 is 15.2 Å². The second-order valence-corrected chi connectivity index (χ2v) is 3.47. The largest absolute Gasteiger partial charge is 0.493 e. The first kappa shape index (κ1) is 9.98. The summed E-state index contributed by atoms with van der Waals surface area (Å²) in [5, 5.41) is 0. The van der Waals surface area contributed by atoms with Crippen molar-refractivity contribution in [3.05, 3.63) is 29.3 Å². The second-order valence-electron chi connectivity index (χ2n) is 3.47. The third-order valence-electron chi connectivity index (χ3n) is 2.53. The zero-order chi connectivity index (χ0) is 10.8. The van der Waals surface area contributed by atoms with E-state index in [-0.39, 0.29) is 0 Å². The molecular weight excluding hydrogens is 194 g/mol. The molecule has 2 rings (SSSR count). The molecule has 15 heavy (non-hydrogen) atoms. The number of benzene rings is 1. The highest BCUT2D eigenvalue weighted by Gasteiger charge is 2.19. The molecule has 1 aromatic rings. The first-order valence-electron chi connectivity index (χ1n) is 4.81. The third-order valence-corrected chi connectivity index (χ3v) is 2.53. The number of rotatable bonds is 2. The van der Waals surface area contributed by atoms with Gasteiger partial charge in [0.1, 0.15) is 11.8 Å². The van der Waals surface area contributed by atoms with Crippen molar-refractivity contribution in [1.29, 1.82) is 0 Å². The van der Waals surface area contributed by atoms with E-state index in [0.717, 1.165) is 23.3 Å². The fourth-order valence-electron chi connectivity index (χ4n) is 1.66. The van der Waals surface area contributed by atoms with Crippen LogP contribution in [0.2, 0.25) is 0 Å². The van der Waals surface area contributed by atoms with Crippen LogP contribution in [0.3, 0.4) is 0 Å². The van der Waals surface area contributed by atoms with Gasteiger partial charge in [0.25, 0.3) is 0 Å². The van der Waals surface area contributed by atoms with Crippen molar-refractivity contribution in [3.8, 4) is 5.75 Å². The lowest BCUT2D eigenvalue weighted by atomic mass is 10.0. The van der Waals surface area contributed by atoms with Crippen LogP contribution in [-0.2, 0) is 16.0 Å². The molecule has 1 aromatic carbocycles. The Bertz CT molecular complexity index is 389. The lowest BCUT2D eigenvalue weighted by molar-refractivity contribution is -0.142. The van der Waals surface area contributed by atoms with Gasteiger partial charge in [-0.25, -0.2) is 0 Å². The molecule has 0 amide bonds. The van der Waals surface area contributed by atoms with E-state index in [1.165, 1.54) is 7.11 Å². The lowest BCUT2D eigenvalue weighted by Gasteiger charge is -2.10. The molecule has 0 radical (unpaired) electrons. The average molecular weight is 207 g/mol. The average Bonchev–Trinajstić information content (AvgIpc) is 2.73. The number of carbonyl (C=O) groups excluding carboxylic acids is 1. The van der Waals surface area contributed by atoms with Crippen molar-refractivity contribution in [2.45, 2.75) is 12.5 Å². The molecule has 0 saturated carbocycles. The molecule has 80 valence electrons. The zero-order valence-corrected chi connectivity index (χ0v) is 8.53. The summed E-state index contributed by atoms with van der Waals surface area (Å²) < 4.78 is 9.95. The minimum absolute atomic E-state index is 0.422. The molecule has 1 unspecified atom stereocenters. The Balaban J connectivity index is 2.26. The van der Waals surface area contributed by atoms with E-state index < -0.39 is 12.0 Å². The number of hydrogen-bond acceptors (Lipinski definition) is 4. The summed E-state index contributed by atoms with van der Waals surface area (Å²) >= 11 is 0. The van der Waals surface area contributed by atoms with E-state index in [9.17, 15) is 4.79 Å². The Morgan fingerprint density at radius 2 is 2.40 bits per heavy atom. The number of carbonyl (C=O) groups is 1. The number of ether oxygens (including phenoxy) is 2. The fourth-order valence-corrected chi connectivity index (χ4v) is 1.66. The summed E-state index contributed by atoms with van der Waals surface area (Å²) in [7, 11) is 1.33. The molecule has 1 aliphatic rings. The molecule has 0 saturated heterocycles. The number of methoxy groups -OCH3 is 1. The summed E-state index contributed by atoms with van der Waals surface area (Å²) in [5.41, 5.74) is 7.60. The van der Waals surface area contributed by atoms with Crippen LogP contribution in [0.4, 0.5) is 0 Å². The standard InChI is InChI=1S/C11H13NO3/c1-14-11(13)10(12)8-2-3-9-7(6-8)4-5-15-9/h2-3,6,10H,4-5,12H2,1H3. The summed E-state index contributed by atoms with van der Waals surface area (Å²) in [6.07, 6.45) is 0.872. The maximum absolute atomic E-state index is 11.2. The molecule has 4 heteroatoms. The van der Waals surface area contributed by atoms with Crippen molar-refractivity contribution in [3.63, 3.8) is 0 Å². The molecule has 0 aromatic heterocycles. The quantitative estimate of drug-likeness (QED) is 0.728. The number of hydrogen-bond donors (Lipinski definition) is 1. The highest BCUT2D eigenvalue weighted by molar-refractivity contribution is 5.77. The summed E-state index contributed by atoms with van der Waals surface area (Å²) in [6, 6.07) is 4.84. The monoisotopic (exact) mass is 207 g/mol. The van der Waals surface area contributed by atoms with Crippen LogP contribution in [0.25, 0.3) is 0 Å². The van der Waals surface area contributed by atoms with E-state index in [1.807, 2.05) is 12.1 Å². The highest BCUT2D eigenvalue weighted by atomic mass is 16.5. The smallest absolute Gasteiger partial charge is 0.327 e. The topological polar surface area (TPSA) is 61.5 Å². The van der Waals surface area contributed by atoms with Crippen molar-refractivity contribution in [2.24, 2.45) is 5.73 Å². The molecule has 2 N–H and O–H groups in total. The van der Waals surface area contributed by atoms with Gasteiger partial charge in [-0.3, -0.25) is 4.79 Å². The molecule has 1 aliphatic heterocycles. The van der Waals surface area contributed by atoms with Gasteiger partial charge in [0.05, 0.1) is 13.7 Å². The predicted molar refractivity (Wildman–Crippen MR) is 54.6 cm³/mol. The van der Waals surface area contributed by atoms with Crippen LogP contribution >= 0.6 is 0 Å². The summed E-state index contributed by atoms with van der Waals surface area (Å²) in [6.45, 7) is 0.701. The highest BCUT2D eigenvalue weighted by Crippen LogP contribution is 2.27. The number of nitrogens with two attached hydrogens (primary N) is 1. The van der Waals surface area contributed by atoms with Crippen LogP contribution < -0.4 is 10.5 Å². The van der Waals surface area contributed by atoms with Gasteiger partial charge in [-0.05, 0) is 23.3 Å². The van der Waals surface area contributed by atoms with E-state index in [2.05, 4.69) is 4.74 Å². The zero-order valence-electron chi connectivity index (χ0n) is 8.53. The van der Waals surface area contributed by atoms with Gasteiger partial charge in [-0.15, -0.1) is 0 Å². The normalized spacial score (nSPS) is 15.3. The Morgan fingerprint density at radius 1 is 1.60 bits per heavy atom. The van der Waals surface area contributed by atoms with Crippen molar-refractivity contribution < 1.29 is 14.3 Å². The van der Waals surface area contributed by atoms with Crippen LogP contribution in [-0.4, -0.2) is 19.7 Å². The van der Waals surface area contributed by atoms with Gasteiger partial charge in [0.2, 0.25) is 0 Å². The van der Waals surface area contributed by atoms with Crippen LogP contribution in [0.15, 0.2) is 18.2 Å². The molecule has 1 heterocycles. The SMILES string of the molecule is COC(=O)C(N)c1ccc2c(c1)CCO2. The van der Waals surface area contributed by atoms with E-state index in [4.69, 9.17) is 10.5 Å². The lowest BCUT2D eigenvalue weighted by Crippen LogP contribution is -2.22. The van der Waals surface area contributed by atoms with Crippen LogP contribution in [0.1, 0.15) is 17.2 Å². The number of esters is 1. The first-order valence-corrected chi connectivity index (χ1v) is 4.81.